The summed E-state index contributed by atoms with van der Waals surface area (Å²) in [6, 6.07) is 2.05. The molecule has 1 aromatic rings. The lowest BCUT2D eigenvalue weighted by Gasteiger charge is -2.12. The second-order valence-corrected chi connectivity index (χ2v) is 3.60. The first-order valence-corrected chi connectivity index (χ1v) is 5.20. The number of hydrogen-bond acceptors (Lipinski definition) is 3. The lowest BCUT2D eigenvalue weighted by Crippen LogP contribution is -2.38. The van der Waals surface area contributed by atoms with Gasteiger partial charge in [-0.05, 0) is 26.5 Å². The first kappa shape index (κ1) is 11.8. The average Bonchev–Trinajstić information content (AvgIpc) is 2.61. The molecule has 4 heteroatoms. The van der Waals surface area contributed by atoms with Gasteiger partial charge in [-0.3, -0.25) is 4.79 Å². The molecule has 0 unspecified atom stereocenters. The molecule has 0 saturated carbocycles. The molecule has 84 valence electrons. The van der Waals surface area contributed by atoms with E-state index in [9.17, 15) is 4.79 Å². The van der Waals surface area contributed by atoms with Crippen LogP contribution in [0.2, 0.25) is 0 Å². The van der Waals surface area contributed by atoms with Gasteiger partial charge in [-0.2, -0.15) is 0 Å². The molecule has 0 radical (unpaired) electrons. The number of hydrogen-bond donors (Lipinski definition) is 2. The van der Waals surface area contributed by atoms with Gasteiger partial charge >= 0.3 is 0 Å². The van der Waals surface area contributed by atoms with Crippen LogP contribution in [0.25, 0.3) is 0 Å². The molecule has 0 saturated heterocycles. The van der Waals surface area contributed by atoms with Crippen molar-refractivity contribution in [2.75, 3.05) is 13.1 Å². The van der Waals surface area contributed by atoms with Crippen molar-refractivity contribution in [1.29, 1.82) is 0 Å². The van der Waals surface area contributed by atoms with E-state index in [0.29, 0.717) is 12.3 Å². The summed E-state index contributed by atoms with van der Waals surface area (Å²) in [5, 5.41) is 6.03. The Morgan fingerprint density at radius 1 is 1.60 bits per heavy atom. The molecule has 15 heavy (non-hydrogen) atoms. The van der Waals surface area contributed by atoms with Crippen molar-refractivity contribution >= 4 is 5.91 Å². The Kier molecular flexibility index (Phi) is 4.37. The van der Waals surface area contributed by atoms with Crippen LogP contribution >= 0.6 is 0 Å². The van der Waals surface area contributed by atoms with E-state index in [0.717, 1.165) is 12.1 Å². The zero-order chi connectivity index (χ0) is 11.3. The van der Waals surface area contributed by atoms with Gasteiger partial charge in [0.25, 0.3) is 5.91 Å². The van der Waals surface area contributed by atoms with Crippen LogP contribution in [0.4, 0.5) is 0 Å². The fourth-order valence-electron chi connectivity index (χ4n) is 1.35. The van der Waals surface area contributed by atoms with E-state index in [1.807, 2.05) is 20.8 Å². The van der Waals surface area contributed by atoms with Gasteiger partial charge in [-0.1, -0.05) is 6.92 Å². The number of nitrogens with one attached hydrogen (secondary N) is 2. The van der Waals surface area contributed by atoms with Gasteiger partial charge in [0.2, 0.25) is 0 Å². The fraction of sp³-hybridized carbons (Fsp3) is 0.545. The van der Waals surface area contributed by atoms with Crippen molar-refractivity contribution < 1.29 is 9.21 Å². The maximum Gasteiger partial charge on any atom is 0.287 e. The number of carbonyl (C=O) groups is 1. The smallest absolute Gasteiger partial charge is 0.287 e. The number of aryl methyl sites for hydroxylation is 1. The summed E-state index contributed by atoms with van der Waals surface area (Å²) in [4.78, 5) is 11.6. The summed E-state index contributed by atoms with van der Waals surface area (Å²) in [7, 11) is 0. The molecule has 0 spiro atoms. The monoisotopic (exact) mass is 210 g/mol. The summed E-state index contributed by atoms with van der Waals surface area (Å²) < 4.78 is 5.09. The number of likely N-dealkylation sites (N-methyl/N-ethyl adjacent to an activating group) is 1. The highest BCUT2D eigenvalue weighted by atomic mass is 16.3. The zero-order valence-electron chi connectivity index (χ0n) is 9.46. The normalized spacial score (nSPS) is 12.5. The third-order valence-corrected chi connectivity index (χ3v) is 2.19. The Balaban J connectivity index is 2.40. The summed E-state index contributed by atoms with van der Waals surface area (Å²) in [5.74, 6) is 0.251. The molecule has 0 aliphatic rings. The van der Waals surface area contributed by atoms with E-state index in [4.69, 9.17) is 4.42 Å². The minimum atomic E-state index is -0.151. The van der Waals surface area contributed by atoms with E-state index >= 15 is 0 Å². The molecule has 0 fully saturated rings. The maximum atomic E-state index is 11.6. The largest absolute Gasteiger partial charge is 0.459 e. The zero-order valence-corrected chi connectivity index (χ0v) is 9.46. The quantitative estimate of drug-likeness (QED) is 0.770. The maximum absolute atomic E-state index is 11.6. The van der Waals surface area contributed by atoms with Gasteiger partial charge in [0.05, 0.1) is 6.26 Å². The van der Waals surface area contributed by atoms with Crippen molar-refractivity contribution in [3.8, 4) is 0 Å². The minimum absolute atomic E-state index is 0.151. The van der Waals surface area contributed by atoms with Crippen LogP contribution in [0.15, 0.2) is 16.7 Å². The van der Waals surface area contributed by atoms with Crippen LogP contribution in [-0.2, 0) is 0 Å². The lowest BCUT2D eigenvalue weighted by atomic mass is 10.2. The van der Waals surface area contributed by atoms with Crippen molar-refractivity contribution in [3.05, 3.63) is 23.7 Å². The Hall–Kier alpha value is -1.29. The predicted octanol–water partition coefficient (Wildman–Crippen LogP) is 1.32. The third-order valence-electron chi connectivity index (χ3n) is 2.19. The van der Waals surface area contributed by atoms with Crippen LogP contribution < -0.4 is 10.6 Å². The molecular weight excluding hydrogens is 192 g/mol. The van der Waals surface area contributed by atoms with Crippen molar-refractivity contribution in [2.24, 2.45) is 0 Å². The molecule has 2 N–H and O–H groups in total. The van der Waals surface area contributed by atoms with Crippen LogP contribution in [0.3, 0.4) is 0 Å². The predicted molar refractivity (Wildman–Crippen MR) is 58.9 cm³/mol. The summed E-state index contributed by atoms with van der Waals surface area (Å²) in [6.45, 7) is 7.42. The van der Waals surface area contributed by atoms with E-state index in [1.54, 1.807) is 6.07 Å². The Labute approximate surface area is 90.0 Å². The number of carbonyl (C=O) groups excluding carboxylic acids is 1. The Morgan fingerprint density at radius 2 is 2.33 bits per heavy atom. The highest BCUT2D eigenvalue weighted by molar-refractivity contribution is 5.92. The second-order valence-electron chi connectivity index (χ2n) is 3.60. The lowest BCUT2D eigenvalue weighted by molar-refractivity contribution is 0.0921. The summed E-state index contributed by atoms with van der Waals surface area (Å²) in [6.07, 6.45) is 1.53. The van der Waals surface area contributed by atoms with Gasteiger partial charge in [0, 0.05) is 18.2 Å². The standard InChI is InChI=1S/C11H18N2O2/c1-4-12-9(3)7-13-11(14)10-8(2)5-6-15-10/h5-6,9,12H,4,7H2,1-3H3,(H,13,14)/t9-/m1/s1. The van der Waals surface area contributed by atoms with Gasteiger partial charge in [0.15, 0.2) is 5.76 Å². The number of amides is 1. The summed E-state index contributed by atoms with van der Waals surface area (Å²) in [5.41, 5.74) is 0.864. The van der Waals surface area contributed by atoms with Gasteiger partial charge < -0.3 is 15.1 Å². The Morgan fingerprint density at radius 3 is 2.87 bits per heavy atom. The van der Waals surface area contributed by atoms with Crippen LogP contribution in [0, 0.1) is 6.92 Å². The molecular formula is C11H18N2O2. The summed E-state index contributed by atoms with van der Waals surface area (Å²) >= 11 is 0. The molecule has 1 atom stereocenters. The van der Waals surface area contributed by atoms with E-state index in [1.165, 1.54) is 6.26 Å². The van der Waals surface area contributed by atoms with Gasteiger partial charge in [-0.15, -0.1) is 0 Å². The molecule has 0 aliphatic heterocycles. The highest BCUT2D eigenvalue weighted by Crippen LogP contribution is 2.07. The fourth-order valence-corrected chi connectivity index (χ4v) is 1.35. The molecule has 0 aromatic carbocycles. The van der Waals surface area contributed by atoms with E-state index < -0.39 is 0 Å². The highest BCUT2D eigenvalue weighted by Gasteiger charge is 2.12. The van der Waals surface area contributed by atoms with E-state index in [2.05, 4.69) is 10.6 Å². The first-order chi connectivity index (χ1) is 7.15. The van der Waals surface area contributed by atoms with Crippen LogP contribution in [0.1, 0.15) is 30.0 Å². The molecule has 0 bridgehead atoms. The van der Waals surface area contributed by atoms with Crippen LogP contribution in [0.5, 0.6) is 0 Å². The van der Waals surface area contributed by atoms with Crippen LogP contribution in [-0.4, -0.2) is 25.0 Å². The van der Waals surface area contributed by atoms with Crippen molar-refractivity contribution in [3.63, 3.8) is 0 Å². The van der Waals surface area contributed by atoms with Crippen molar-refractivity contribution in [2.45, 2.75) is 26.8 Å². The molecule has 1 heterocycles. The topological polar surface area (TPSA) is 54.3 Å². The SMILES string of the molecule is CCN[C@H](C)CNC(=O)c1occc1C. The molecule has 1 rings (SSSR count). The first-order valence-electron chi connectivity index (χ1n) is 5.20. The molecule has 4 nitrogen and oxygen atoms in total. The minimum Gasteiger partial charge on any atom is -0.459 e. The Bertz CT molecular complexity index is 320. The second kappa shape index (κ2) is 5.56. The van der Waals surface area contributed by atoms with Gasteiger partial charge in [-0.25, -0.2) is 0 Å². The average molecular weight is 210 g/mol. The molecule has 1 amide bonds. The van der Waals surface area contributed by atoms with Crippen molar-refractivity contribution in [1.82, 2.24) is 10.6 Å². The molecule has 1 aromatic heterocycles. The number of furan rings is 1. The van der Waals surface area contributed by atoms with Gasteiger partial charge in [0.1, 0.15) is 0 Å². The third kappa shape index (κ3) is 3.40. The number of rotatable bonds is 5. The molecule has 0 aliphatic carbocycles. The van der Waals surface area contributed by atoms with E-state index in [-0.39, 0.29) is 11.9 Å².